The molecule has 2 rings (SSSR count). The van der Waals surface area contributed by atoms with Gasteiger partial charge < -0.3 is 10.5 Å². The van der Waals surface area contributed by atoms with Crippen LogP contribution in [0.25, 0.3) is 0 Å². The van der Waals surface area contributed by atoms with Gasteiger partial charge in [-0.3, -0.25) is 15.5 Å². The molecule has 1 amide bonds. The molecule has 1 atom stereocenters. The predicted octanol–water partition coefficient (Wildman–Crippen LogP) is 2.45. The number of amides is 1. The van der Waals surface area contributed by atoms with E-state index in [0.717, 1.165) is 16.9 Å². The van der Waals surface area contributed by atoms with Crippen LogP contribution in [0, 0.1) is 5.41 Å². The maximum absolute atomic E-state index is 12.3. The molecule has 0 unspecified atom stereocenters. The molecular formula is C17H20ClN3O2. The first kappa shape index (κ1) is 18.5. The molecule has 0 saturated carbocycles. The molecule has 6 heteroatoms. The van der Waals surface area contributed by atoms with Gasteiger partial charge in [0.25, 0.3) is 0 Å². The average molecular weight is 334 g/mol. The van der Waals surface area contributed by atoms with E-state index < -0.39 is 5.92 Å². The molecule has 0 bridgehead atoms. The maximum atomic E-state index is 12.3. The SMILES string of the molecule is COc1ccc([C@@H](Cc2ccccc2)C(=O)NC(=N)N)cc1.Cl. The number of carbonyl (C=O) groups excluding carboxylic acids is 1. The highest BCUT2D eigenvalue weighted by Crippen LogP contribution is 2.23. The van der Waals surface area contributed by atoms with Crippen molar-refractivity contribution >= 4 is 24.3 Å². The Kier molecular flexibility index (Phi) is 7.09. The van der Waals surface area contributed by atoms with Gasteiger partial charge in [0.15, 0.2) is 5.96 Å². The Balaban J connectivity index is 0.00000264. The molecule has 0 radical (unpaired) electrons. The van der Waals surface area contributed by atoms with Crippen molar-refractivity contribution in [3.63, 3.8) is 0 Å². The van der Waals surface area contributed by atoms with E-state index in [9.17, 15) is 4.79 Å². The third-order valence-corrected chi connectivity index (χ3v) is 3.38. The normalized spacial score (nSPS) is 11.0. The fourth-order valence-corrected chi connectivity index (χ4v) is 2.27. The molecule has 2 aromatic rings. The van der Waals surface area contributed by atoms with Gasteiger partial charge in [0.05, 0.1) is 13.0 Å². The third kappa shape index (κ3) is 5.30. The molecular weight excluding hydrogens is 314 g/mol. The van der Waals surface area contributed by atoms with E-state index in [1.165, 1.54) is 0 Å². The molecule has 4 N–H and O–H groups in total. The van der Waals surface area contributed by atoms with Crippen molar-refractivity contribution in [2.45, 2.75) is 12.3 Å². The number of methoxy groups -OCH3 is 1. The Labute approximate surface area is 141 Å². The van der Waals surface area contributed by atoms with Gasteiger partial charge in [0.2, 0.25) is 5.91 Å². The summed E-state index contributed by atoms with van der Waals surface area (Å²) in [4.78, 5) is 12.3. The Bertz CT molecular complexity index is 645. The Morgan fingerprint density at radius 3 is 2.30 bits per heavy atom. The van der Waals surface area contributed by atoms with Crippen molar-refractivity contribution in [3.8, 4) is 5.75 Å². The molecule has 0 aliphatic rings. The fraction of sp³-hybridized carbons (Fsp3) is 0.176. The van der Waals surface area contributed by atoms with Gasteiger partial charge in [-0.15, -0.1) is 12.4 Å². The molecule has 0 saturated heterocycles. The minimum absolute atomic E-state index is 0. The van der Waals surface area contributed by atoms with Crippen LogP contribution in [0.3, 0.4) is 0 Å². The molecule has 0 fully saturated rings. The van der Waals surface area contributed by atoms with Crippen LogP contribution < -0.4 is 15.8 Å². The zero-order valence-electron chi connectivity index (χ0n) is 12.8. The largest absolute Gasteiger partial charge is 0.497 e. The highest BCUT2D eigenvalue weighted by atomic mass is 35.5. The van der Waals surface area contributed by atoms with Gasteiger partial charge in [-0.05, 0) is 29.7 Å². The van der Waals surface area contributed by atoms with E-state index in [1.807, 2.05) is 54.6 Å². The smallest absolute Gasteiger partial charge is 0.234 e. The molecule has 5 nitrogen and oxygen atoms in total. The van der Waals surface area contributed by atoms with Crippen LogP contribution in [0.5, 0.6) is 5.75 Å². The first-order chi connectivity index (χ1) is 10.6. The number of nitrogens with one attached hydrogen (secondary N) is 2. The standard InChI is InChI=1S/C17H19N3O2.ClH/c1-22-14-9-7-13(8-10-14)15(16(21)20-17(18)19)11-12-5-3-2-4-6-12;/h2-10,15H,11H2,1H3,(H4,18,19,20,21);1H/t15-;/m1./s1. The van der Waals surface area contributed by atoms with Gasteiger partial charge in [0, 0.05) is 0 Å². The zero-order valence-corrected chi connectivity index (χ0v) is 13.6. The minimum atomic E-state index is -0.419. The third-order valence-electron chi connectivity index (χ3n) is 3.38. The second kappa shape index (κ2) is 8.80. The number of benzene rings is 2. The van der Waals surface area contributed by atoms with E-state index in [1.54, 1.807) is 7.11 Å². The van der Waals surface area contributed by atoms with Gasteiger partial charge in [-0.2, -0.15) is 0 Å². The van der Waals surface area contributed by atoms with Gasteiger partial charge >= 0.3 is 0 Å². The van der Waals surface area contributed by atoms with E-state index in [0.29, 0.717) is 6.42 Å². The summed E-state index contributed by atoms with van der Waals surface area (Å²) in [5, 5.41) is 9.63. The molecule has 0 spiro atoms. The summed E-state index contributed by atoms with van der Waals surface area (Å²) in [5.74, 6) is -0.329. The summed E-state index contributed by atoms with van der Waals surface area (Å²) in [6, 6.07) is 17.1. The summed E-state index contributed by atoms with van der Waals surface area (Å²) in [6.07, 6.45) is 0.534. The molecule has 2 aromatic carbocycles. The Morgan fingerprint density at radius 1 is 1.17 bits per heavy atom. The lowest BCUT2D eigenvalue weighted by Gasteiger charge is -2.17. The quantitative estimate of drug-likeness (QED) is 0.580. The molecule has 0 aliphatic heterocycles. The van der Waals surface area contributed by atoms with E-state index in [4.69, 9.17) is 15.9 Å². The summed E-state index contributed by atoms with van der Waals surface area (Å²) >= 11 is 0. The first-order valence-electron chi connectivity index (χ1n) is 6.93. The number of ether oxygens (including phenoxy) is 1. The van der Waals surface area contributed by atoms with Crippen LogP contribution in [0.2, 0.25) is 0 Å². The summed E-state index contributed by atoms with van der Waals surface area (Å²) in [7, 11) is 1.60. The van der Waals surface area contributed by atoms with E-state index in [-0.39, 0.29) is 24.3 Å². The lowest BCUT2D eigenvalue weighted by Crippen LogP contribution is -2.39. The second-order valence-corrected chi connectivity index (χ2v) is 4.92. The number of nitrogens with two attached hydrogens (primary N) is 1. The van der Waals surface area contributed by atoms with Crippen molar-refractivity contribution in [2.24, 2.45) is 5.73 Å². The monoisotopic (exact) mass is 333 g/mol. The van der Waals surface area contributed by atoms with Crippen LogP contribution in [-0.2, 0) is 11.2 Å². The van der Waals surface area contributed by atoms with Gasteiger partial charge in [-0.25, -0.2) is 0 Å². The molecule has 122 valence electrons. The highest BCUT2D eigenvalue weighted by molar-refractivity contribution is 5.98. The second-order valence-electron chi connectivity index (χ2n) is 4.92. The topological polar surface area (TPSA) is 88.2 Å². The molecule has 0 heterocycles. The van der Waals surface area contributed by atoms with Gasteiger partial charge in [-0.1, -0.05) is 42.5 Å². The van der Waals surface area contributed by atoms with Gasteiger partial charge in [0.1, 0.15) is 5.75 Å². The van der Waals surface area contributed by atoms with Crippen molar-refractivity contribution < 1.29 is 9.53 Å². The van der Waals surface area contributed by atoms with Crippen molar-refractivity contribution in [1.82, 2.24) is 5.32 Å². The number of rotatable bonds is 5. The number of hydrogen-bond donors (Lipinski definition) is 3. The predicted molar refractivity (Wildman–Crippen MR) is 93.2 cm³/mol. The molecule has 23 heavy (non-hydrogen) atoms. The van der Waals surface area contributed by atoms with Crippen LogP contribution >= 0.6 is 12.4 Å². The summed E-state index contributed by atoms with van der Waals surface area (Å²) < 4.78 is 5.14. The maximum Gasteiger partial charge on any atom is 0.234 e. The van der Waals surface area contributed by atoms with E-state index in [2.05, 4.69) is 5.32 Å². The Hall–Kier alpha value is -2.53. The van der Waals surface area contributed by atoms with Crippen LogP contribution in [0.4, 0.5) is 0 Å². The summed E-state index contributed by atoms with van der Waals surface area (Å²) in [6.45, 7) is 0. The lowest BCUT2D eigenvalue weighted by molar-refractivity contribution is -0.121. The summed E-state index contributed by atoms with van der Waals surface area (Å²) in [5.41, 5.74) is 7.17. The number of halogens is 1. The zero-order chi connectivity index (χ0) is 15.9. The number of guanidine groups is 1. The average Bonchev–Trinajstić information content (AvgIpc) is 2.53. The minimum Gasteiger partial charge on any atom is -0.497 e. The Morgan fingerprint density at radius 2 is 1.78 bits per heavy atom. The molecule has 0 aromatic heterocycles. The van der Waals surface area contributed by atoms with Crippen LogP contribution in [0.1, 0.15) is 17.0 Å². The van der Waals surface area contributed by atoms with E-state index >= 15 is 0 Å². The highest BCUT2D eigenvalue weighted by Gasteiger charge is 2.21. The van der Waals surface area contributed by atoms with Crippen molar-refractivity contribution in [3.05, 3.63) is 65.7 Å². The lowest BCUT2D eigenvalue weighted by atomic mass is 9.91. The molecule has 0 aliphatic carbocycles. The number of carbonyl (C=O) groups is 1. The van der Waals surface area contributed by atoms with Crippen molar-refractivity contribution in [2.75, 3.05) is 7.11 Å². The van der Waals surface area contributed by atoms with Crippen LogP contribution in [0.15, 0.2) is 54.6 Å². The first-order valence-corrected chi connectivity index (χ1v) is 6.93. The number of hydrogen-bond acceptors (Lipinski definition) is 3. The van der Waals surface area contributed by atoms with Crippen LogP contribution in [-0.4, -0.2) is 19.0 Å². The fourth-order valence-electron chi connectivity index (χ4n) is 2.27. The van der Waals surface area contributed by atoms with Crippen molar-refractivity contribution in [1.29, 1.82) is 5.41 Å².